The first kappa shape index (κ1) is 89.0. The Labute approximate surface area is 820 Å². The van der Waals surface area contributed by atoms with E-state index in [1.807, 2.05) is 0 Å². The van der Waals surface area contributed by atoms with Crippen LogP contribution in [0.4, 0.5) is 68.2 Å². The lowest BCUT2D eigenvalue weighted by Crippen LogP contribution is -2.61. The summed E-state index contributed by atoms with van der Waals surface area (Å²) in [7, 11) is 0. The summed E-state index contributed by atoms with van der Waals surface area (Å²) < 4.78 is 5.64. The molecule has 0 saturated heterocycles. The van der Waals surface area contributed by atoms with E-state index >= 15 is 0 Å². The highest BCUT2D eigenvalue weighted by atomic mass is 32.1. The Hall–Kier alpha value is -10.9. The number of nitrogens with zero attached hydrogens (tertiary/aromatic N) is 4. The molecule has 0 amide bonds. The standard InChI is InChI=1S/C128H136B2N4S2/c1-76-59-105-111-106(60-76)132(86-47-43-83(44-48-86)118(3,4)5)115-92-68-94-99(126(22,23)56-52-122(94,14)15)74-110(92)136-117(115)130(111)102-70-100-97(72-103(102)131(105)88-42-34-40-81(64-88)79-36-29-27-30-37-79)127(24,25)57-58-128(100,26)75-78-35-33-41-82(63-78)90-66-85(120(9,10)11)65-89(80-38-31-28-32-39-80)113(90)134-104-71-96-95(123(16,17)53-54-124(96,18)19)69-101(104)129-112-107(61-77(2)62-108(112)134)133(87-49-45-84(46-50-87)119(6,7)8)114-91-67-93-98(73-109(91)135-116(114)129)125(20,21)55-51-121(93,12)13/h27-50,59-74H,51-58,75H2,1-26H3. The van der Waals surface area contributed by atoms with Crippen LogP contribution in [0.15, 0.2) is 243 Å². The van der Waals surface area contributed by atoms with E-state index in [0.29, 0.717) is 0 Å². The third-order valence-corrected chi connectivity index (χ3v) is 37.1. The van der Waals surface area contributed by atoms with Crippen molar-refractivity contribution in [2.75, 3.05) is 19.6 Å². The highest BCUT2D eigenvalue weighted by molar-refractivity contribution is 7.34. The van der Waals surface area contributed by atoms with Crippen molar-refractivity contribution < 1.29 is 0 Å². The van der Waals surface area contributed by atoms with Gasteiger partial charge in [0, 0.05) is 92.0 Å². The molecule has 0 bridgehead atoms. The highest BCUT2D eigenvalue weighted by Crippen LogP contribution is 2.61. The zero-order valence-corrected chi connectivity index (χ0v) is 87.4. The normalized spacial score (nSPS) is 19.1. The predicted octanol–water partition coefficient (Wildman–Crippen LogP) is 32.4. The molecule has 15 aromatic rings. The average molecular weight is 1820 g/mol. The third kappa shape index (κ3) is 13.8. The molecule has 136 heavy (non-hydrogen) atoms. The summed E-state index contributed by atoms with van der Waals surface area (Å²) in [5, 5.41) is 2.74. The molecule has 0 radical (unpaired) electrons. The molecule has 2 aromatic heterocycles. The monoisotopic (exact) mass is 1820 g/mol. The topological polar surface area (TPSA) is 13.0 Å². The molecular weight excluding hydrogens is 1680 g/mol. The van der Waals surface area contributed by atoms with E-state index in [9.17, 15) is 0 Å². The number of fused-ring (bicyclic) bond motifs is 16. The molecule has 0 fully saturated rings. The van der Waals surface area contributed by atoms with Crippen molar-refractivity contribution in [1.29, 1.82) is 0 Å². The largest absolute Gasteiger partial charge is 0.311 e. The fraction of sp³-hybridized carbons (Fsp3) is 0.359. The molecule has 0 spiro atoms. The van der Waals surface area contributed by atoms with Crippen molar-refractivity contribution in [2.45, 2.75) is 297 Å². The maximum absolute atomic E-state index is 2.86. The van der Waals surface area contributed by atoms with Gasteiger partial charge in [-0.15, -0.1) is 22.7 Å². The molecular formula is C128H136B2N4S2. The Morgan fingerprint density at radius 1 is 0.279 bits per heavy atom. The second-order valence-electron chi connectivity index (χ2n) is 50.6. The zero-order valence-electron chi connectivity index (χ0n) is 85.7. The molecule has 6 heterocycles. The summed E-state index contributed by atoms with van der Waals surface area (Å²) in [5.74, 6) is 0. The van der Waals surface area contributed by atoms with Crippen LogP contribution in [0.1, 0.15) is 295 Å². The summed E-state index contributed by atoms with van der Waals surface area (Å²) >= 11 is 4.16. The van der Waals surface area contributed by atoms with E-state index in [1.54, 1.807) is 0 Å². The molecule has 8 heteroatoms. The lowest BCUT2D eigenvalue weighted by Gasteiger charge is -2.48. The number of benzene rings is 13. The maximum atomic E-state index is 2.86. The van der Waals surface area contributed by atoms with Gasteiger partial charge in [-0.1, -0.05) is 300 Å². The van der Waals surface area contributed by atoms with E-state index in [1.165, 1.54) is 238 Å². The molecule has 1 unspecified atom stereocenters. The van der Waals surface area contributed by atoms with E-state index in [2.05, 4.69) is 465 Å². The van der Waals surface area contributed by atoms with Gasteiger partial charge >= 0.3 is 0 Å². The van der Waals surface area contributed by atoms with Crippen LogP contribution in [-0.4, -0.2) is 13.4 Å². The molecule has 4 nitrogen and oxygen atoms in total. The summed E-state index contributed by atoms with van der Waals surface area (Å²) in [6.45, 7) is 64.0. The molecule has 1 atom stereocenters. The fourth-order valence-corrected chi connectivity index (χ4v) is 28.6. The minimum atomic E-state index is -0.288. The summed E-state index contributed by atoms with van der Waals surface area (Å²) in [5.41, 5.74) is 47.2. The number of rotatable bonds is 9. The number of anilines is 12. The van der Waals surface area contributed by atoms with Crippen LogP contribution < -0.4 is 51.0 Å². The Morgan fingerprint density at radius 2 is 0.640 bits per heavy atom. The van der Waals surface area contributed by atoms with E-state index in [0.717, 1.165) is 51.4 Å². The minimum Gasteiger partial charge on any atom is -0.311 e. The van der Waals surface area contributed by atoms with Crippen LogP contribution in [0.2, 0.25) is 0 Å². The Morgan fingerprint density at radius 3 is 1.10 bits per heavy atom. The van der Waals surface area contributed by atoms with Crippen LogP contribution in [0.5, 0.6) is 0 Å². The van der Waals surface area contributed by atoms with Crippen LogP contribution in [0, 0.1) is 13.8 Å². The minimum absolute atomic E-state index is 0.0125. The first-order valence-corrected chi connectivity index (χ1v) is 52.6. The van der Waals surface area contributed by atoms with Crippen molar-refractivity contribution in [3.05, 3.63) is 321 Å². The van der Waals surface area contributed by atoms with Crippen LogP contribution in [-0.2, 0) is 66.0 Å². The lowest BCUT2D eigenvalue weighted by molar-refractivity contribution is 0.310. The fourth-order valence-electron chi connectivity index (χ4n) is 26.0. The van der Waals surface area contributed by atoms with Gasteiger partial charge in [0.05, 0.1) is 17.1 Å². The molecule has 0 saturated carbocycles. The molecule has 23 rings (SSSR count). The third-order valence-electron chi connectivity index (χ3n) is 34.7. The molecule has 0 N–H and O–H groups in total. The van der Waals surface area contributed by atoms with Gasteiger partial charge < -0.3 is 19.6 Å². The number of aryl methyl sites for hydroxylation is 2. The second-order valence-corrected chi connectivity index (χ2v) is 52.8. The van der Waals surface area contributed by atoms with Gasteiger partial charge in [0.1, 0.15) is 0 Å². The van der Waals surface area contributed by atoms with Crippen LogP contribution in [0.3, 0.4) is 0 Å². The van der Waals surface area contributed by atoms with Gasteiger partial charge in [0.2, 0.25) is 0 Å². The summed E-state index contributed by atoms with van der Waals surface area (Å²) in [6, 6.07) is 98.9. The van der Waals surface area contributed by atoms with E-state index in [4.69, 9.17) is 0 Å². The summed E-state index contributed by atoms with van der Waals surface area (Å²) in [4.78, 5) is 11.0. The SMILES string of the molecule is Cc1cc2c3c(c1)N(c1ccc(C(C)(C)C)cc1)c1c(sc4cc5c(cc14)C(C)(C)CCC5(C)C)B3c1cc3c(cc1N2c1cccc(-c2ccccc2)c1)C(C)(C)CCC3(C)Cc1cccc(-c2cc(C(C)(C)C)cc(-c3ccccc3)c2N2c3cc4c(cc3B3c5sc6cc7c(cc6c5N(c5ccc(C(C)(C)C)cc5)c5cc(C)cc2c53)C(C)(C)CCC7(C)C)C(C)(C)CCC4(C)C)c1. The summed E-state index contributed by atoms with van der Waals surface area (Å²) in [6.07, 6.45) is 9.83. The first-order valence-electron chi connectivity index (χ1n) is 51.0. The van der Waals surface area contributed by atoms with Gasteiger partial charge in [-0.3, -0.25) is 0 Å². The smallest absolute Gasteiger partial charge is 0.264 e. The zero-order chi connectivity index (χ0) is 95.3. The van der Waals surface area contributed by atoms with Gasteiger partial charge in [-0.25, -0.2) is 0 Å². The van der Waals surface area contributed by atoms with Crippen molar-refractivity contribution in [1.82, 2.24) is 0 Å². The predicted molar refractivity (Wildman–Crippen MR) is 593 cm³/mol. The number of thiophene rings is 2. The number of hydrogen-bond acceptors (Lipinski definition) is 6. The lowest BCUT2D eigenvalue weighted by atomic mass is 9.35. The molecule has 4 aliphatic carbocycles. The second kappa shape index (κ2) is 30.1. The maximum Gasteiger partial charge on any atom is 0.264 e. The van der Waals surface area contributed by atoms with Crippen molar-refractivity contribution in [3.63, 3.8) is 0 Å². The van der Waals surface area contributed by atoms with Crippen LogP contribution in [0.25, 0.3) is 53.6 Å². The molecule has 4 aliphatic heterocycles. The van der Waals surface area contributed by atoms with Gasteiger partial charge in [-0.05, 0) is 362 Å². The number of hydrogen-bond donors (Lipinski definition) is 0. The average Bonchev–Trinajstić information content (AvgIpc) is 1.38. The van der Waals surface area contributed by atoms with Crippen LogP contribution >= 0.6 is 22.7 Å². The van der Waals surface area contributed by atoms with E-state index in [-0.39, 0.29) is 73.0 Å². The van der Waals surface area contributed by atoms with Gasteiger partial charge in [0.15, 0.2) is 0 Å². The van der Waals surface area contributed by atoms with Crippen molar-refractivity contribution >= 4 is 156 Å². The van der Waals surface area contributed by atoms with Crippen molar-refractivity contribution in [2.24, 2.45) is 0 Å². The van der Waals surface area contributed by atoms with Gasteiger partial charge in [0.25, 0.3) is 13.4 Å². The quantitative estimate of drug-likeness (QED) is 0.134. The Kier molecular flexibility index (Phi) is 19.7. The van der Waals surface area contributed by atoms with E-state index < -0.39 is 0 Å². The molecule has 8 aliphatic rings. The molecule has 686 valence electrons. The Bertz CT molecular complexity index is 7530. The van der Waals surface area contributed by atoms with Gasteiger partial charge in [-0.2, -0.15) is 0 Å². The van der Waals surface area contributed by atoms with Crippen molar-refractivity contribution in [3.8, 4) is 33.4 Å². The first-order chi connectivity index (χ1) is 64.1. The Balaban J connectivity index is 0.753. The molecule has 13 aromatic carbocycles. The highest BCUT2D eigenvalue weighted by Gasteiger charge is 2.54.